The maximum atomic E-state index is 12.6. The van der Waals surface area contributed by atoms with Gasteiger partial charge in [-0.25, -0.2) is 9.78 Å². The third-order valence-electron chi connectivity index (χ3n) is 6.54. The number of aromatic nitrogens is 1. The van der Waals surface area contributed by atoms with Crippen LogP contribution in [0, 0.1) is 18.8 Å². The fourth-order valence-electron chi connectivity index (χ4n) is 4.58. The van der Waals surface area contributed by atoms with Gasteiger partial charge in [0.05, 0.1) is 6.61 Å². The molecule has 0 saturated carbocycles. The van der Waals surface area contributed by atoms with Crippen molar-refractivity contribution in [3.05, 3.63) is 71.6 Å². The molecule has 8 heteroatoms. The molecular weight excluding hydrogens is 472 g/mol. The first-order valence-electron chi connectivity index (χ1n) is 12.7. The third-order valence-corrected chi connectivity index (χ3v) is 6.54. The van der Waals surface area contributed by atoms with Crippen molar-refractivity contribution < 1.29 is 28.6 Å². The van der Waals surface area contributed by atoms with Gasteiger partial charge in [0.15, 0.2) is 0 Å². The molecule has 1 fully saturated rings. The summed E-state index contributed by atoms with van der Waals surface area (Å²) in [6, 6.07) is 17.5. The average molecular weight is 507 g/mol. The number of nitrogens with zero attached hydrogens (tertiary/aromatic N) is 2. The first-order valence-corrected chi connectivity index (χ1v) is 12.7. The number of carbonyl (C=O) groups is 2. The Hall–Kier alpha value is -3.81. The molecule has 0 radical (unpaired) electrons. The fraction of sp³-hybridized carbons (Fsp3) is 0.414. The number of carbonyl (C=O) groups excluding carboxylic acids is 1. The van der Waals surface area contributed by atoms with Crippen molar-refractivity contribution in [3.8, 4) is 17.2 Å². The second-order valence-corrected chi connectivity index (χ2v) is 9.92. The van der Waals surface area contributed by atoms with Crippen LogP contribution in [0.15, 0.2) is 59.0 Å². The zero-order valence-corrected chi connectivity index (χ0v) is 21.6. The van der Waals surface area contributed by atoms with Crippen LogP contribution in [0.4, 0.5) is 4.79 Å². The molecular formula is C29H34N2O6. The molecule has 0 bridgehead atoms. The van der Waals surface area contributed by atoms with Crippen molar-refractivity contribution in [1.29, 1.82) is 0 Å². The van der Waals surface area contributed by atoms with E-state index in [0.29, 0.717) is 43.5 Å². The van der Waals surface area contributed by atoms with Crippen LogP contribution in [0.2, 0.25) is 0 Å². The highest BCUT2D eigenvalue weighted by Gasteiger charge is 2.37. The molecule has 1 aliphatic rings. The molecule has 1 N–H and O–H groups in total. The van der Waals surface area contributed by atoms with Crippen molar-refractivity contribution in [2.45, 2.75) is 46.1 Å². The minimum atomic E-state index is -0.838. The first kappa shape index (κ1) is 26.3. The van der Waals surface area contributed by atoms with Crippen LogP contribution in [0.5, 0.6) is 5.75 Å². The van der Waals surface area contributed by atoms with Crippen LogP contribution in [0.1, 0.15) is 49.6 Å². The van der Waals surface area contributed by atoms with Crippen LogP contribution in [-0.2, 0) is 16.1 Å². The maximum Gasteiger partial charge on any atom is 0.409 e. The van der Waals surface area contributed by atoms with E-state index in [2.05, 4.69) is 4.98 Å². The van der Waals surface area contributed by atoms with Crippen LogP contribution in [0.3, 0.4) is 0 Å². The van der Waals surface area contributed by atoms with E-state index in [1.165, 1.54) is 0 Å². The summed E-state index contributed by atoms with van der Waals surface area (Å²) in [6.07, 6.45) is 0.195. The minimum absolute atomic E-state index is 0.00651. The highest BCUT2D eigenvalue weighted by molar-refractivity contribution is 5.69. The monoisotopic (exact) mass is 506 g/mol. The van der Waals surface area contributed by atoms with Crippen LogP contribution >= 0.6 is 0 Å². The van der Waals surface area contributed by atoms with E-state index in [0.717, 1.165) is 16.8 Å². The molecule has 2 aromatic carbocycles. The molecule has 196 valence electrons. The number of hydrogen-bond acceptors (Lipinski definition) is 6. The van der Waals surface area contributed by atoms with E-state index in [1.807, 2.05) is 75.4 Å². The van der Waals surface area contributed by atoms with Crippen LogP contribution in [0.25, 0.3) is 11.5 Å². The van der Waals surface area contributed by atoms with Gasteiger partial charge in [0.25, 0.3) is 0 Å². The third kappa shape index (κ3) is 6.90. The molecule has 37 heavy (non-hydrogen) atoms. The summed E-state index contributed by atoms with van der Waals surface area (Å²) in [6.45, 7) is 7.42. The van der Waals surface area contributed by atoms with E-state index in [4.69, 9.17) is 13.9 Å². The normalized spacial score (nSPS) is 17.2. The SMILES string of the molecule is Cc1oc(-c2ccccc2)nc1COc1cccc([C@@H]2CN(C(=O)OCC(C)C)C[C@@H]2CCC(=O)O)c1. The van der Waals surface area contributed by atoms with Gasteiger partial charge in [0.1, 0.15) is 23.8 Å². The van der Waals surface area contributed by atoms with E-state index >= 15 is 0 Å². The van der Waals surface area contributed by atoms with Gasteiger partial charge in [0.2, 0.25) is 5.89 Å². The van der Waals surface area contributed by atoms with Crippen molar-refractivity contribution >= 4 is 12.1 Å². The van der Waals surface area contributed by atoms with Crippen LogP contribution in [-0.4, -0.2) is 46.7 Å². The lowest BCUT2D eigenvalue weighted by Gasteiger charge is -2.18. The van der Waals surface area contributed by atoms with Gasteiger partial charge >= 0.3 is 12.1 Å². The van der Waals surface area contributed by atoms with E-state index in [1.54, 1.807) is 4.90 Å². The van der Waals surface area contributed by atoms with Crippen molar-refractivity contribution in [2.75, 3.05) is 19.7 Å². The zero-order chi connectivity index (χ0) is 26.4. The molecule has 3 aromatic rings. The van der Waals surface area contributed by atoms with Gasteiger partial charge in [-0.15, -0.1) is 0 Å². The Kier molecular flexibility index (Phi) is 8.48. The second-order valence-electron chi connectivity index (χ2n) is 9.92. The Labute approximate surface area is 217 Å². The van der Waals surface area contributed by atoms with Gasteiger partial charge in [-0.1, -0.05) is 44.2 Å². The minimum Gasteiger partial charge on any atom is -0.487 e. The highest BCUT2D eigenvalue weighted by Crippen LogP contribution is 2.37. The molecule has 1 aliphatic heterocycles. The molecule has 0 aliphatic carbocycles. The molecule has 0 unspecified atom stereocenters. The summed E-state index contributed by atoms with van der Waals surface area (Å²) in [5.41, 5.74) is 2.64. The second kappa shape index (κ2) is 12.0. The quantitative estimate of drug-likeness (QED) is 0.365. The standard InChI is InChI=1S/C29H34N2O6/c1-19(2)17-36-29(34)31-15-23(12-13-27(32)33)25(16-31)22-10-7-11-24(14-22)35-18-26-20(3)37-28(30-26)21-8-5-4-6-9-21/h4-11,14,19,23,25H,12-13,15-18H2,1-3H3,(H,32,33)/t23-,25-/m0/s1. The molecule has 1 aromatic heterocycles. The Bertz CT molecular complexity index is 1210. The van der Waals surface area contributed by atoms with Gasteiger partial charge in [-0.05, 0) is 55.0 Å². The number of carboxylic acids is 1. The summed E-state index contributed by atoms with van der Waals surface area (Å²) < 4.78 is 17.3. The Morgan fingerprint density at radius 1 is 1.14 bits per heavy atom. The molecule has 8 nitrogen and oxygen atoms in total. The summed E-state index contributed by atoms with van der Waals surface area (Å²) in [5, 5.41) is 9.23. The van der Waals surface area contributed by atoms with E-state index < -0.39 is 5.97 Å². The maximum absolute atomic E-state index is 12.6. The number of hydrogen-bond donors (Lipinski definition) is 1. The summed E-state index contributed by atoms with van der Waals surface area (Å²) in [4.78, 5) is 30.2. The van der Waals surface area contributed by atoms with Crippen molar-refractivity contribution in [2.24, 2.45) is 11.8 Å². The number of aryl methyl sites for hydroxylation is 1. The zero-order valence-electron chi connectivity index (χ0n) is 21.6. The number of carboxylic acid groups (broad SMARTS) is 1. The number of ether oxygens (including phenoxy) is 2. The Morgan fingerprint density at radius 3 is 2.65 bits per heavy atom. The summed E-state index contributed by atoms with van der Waals surface area (Å²) in [7, 11) is 0. The average Bonchev–Trinajstić information content (AvgIpc) is 3.49. The van der Waals surface area contributed by atoms with Gasteiger partial charge < -0.3 is 23.9 Å². The summed E-state index contributed by atoms with van der Waals surface area (Å²) in [5.74, 6) is 1.36. The number of aliphatic carboxylic acids is 1. The molecule has 0 spiro atoms. The molecule has 4 rings (SSSR count). The predicted octanol–water partition coefficient (Wildman–Crippen LogP) is 5.90. The Morgan fingerprint density at radius 2 is 1.92 bits per heavy atom. The lowest BCUT2D eigenvalue weighted by Crippen LogP contribution is -2.30. The lowest BCUT2D eigenvalue weighted by molar-refractivity contribution is -0.137. The summed E-state index contributed by atoms with van der Waals surface area (Å²) >= 11 is 0. The Balaban J connectivity index is 1.45. The van der Waals surface area contributed by atoms with Crippen LogP contribution < -0.4 is 4.74 Å². The number of amides is 1. The van der Waals surface area contributed by atoms with E-state index in [-0.39, 0.29) is 36.9 Å². The van der Waals surface area contributed by atoms with Gasteiger partial charge in [-0.3, -0.25) is 4.79 Å². The molecule has 1 amide bonds. The lowest BCUT2D eigenvalue weighted by atomic mass is 9.86. The highest BCUT2D eigenvalue weighted by atomic mass is 16.6. The number of likely N-dealkylation sites (tertiary alicyclic amines) is 1. The van der Waals surface area contributed by atoms with Gasteiger partial charge in [0, 0.05) is 31.0 Å². The largest absolute Gasteiger partial charge is 0.487 e. The molecule has 1 saturated heterocycles. The van der Waals surface area contributed by atoms with Gasteiger partial charge in [-0.2, -0.15) is 0 Å². The van der Waals surface area contributed by atoms with Crippen molar-refractivity contribution in [1.82, 2.24) is 9.88 Å². The number of rotatable bonds is 10. The predicted molar refractivity (Wildman–Crippen MR) is 138 cm³/mol. The number of benzene rings is 2. The van der Waals surface area contributed by atoms with Crippen molar-refractivity contribution in [3.63, 3.8) is 0 Å². The molecule has 2 heterocycles. The fourth-order valence-corrected chi connectivity index (χ4v) is 4.58. The number of oxazole rings is 1. The first-order chi connectivity index (χ1) is 17.8. The van der Waals surface area contributed by atoms with E-state index in [9.17, 15) is 14.7 Å². The smallest absolute Gasteiger partial charge is 0.409 e. The topological polar surface area (TPSA) is 102 Å². The molecule has 2 atom stereocenters.